The van der Waals surface area contributed by atoms with Gasteiger partial charge in [-0.15, -0.1) is 0 Å². The van der Waals surface area contributed by atoms with Crippen LogP contribution in [0.4, 0.5) is 0 Å². The van der Waals surface area contributed by atoms with Crippen LogP contribution in [0.5, 0.6) is 5.75 Å². The summed E-state index contributed by atoms with van der Waals surface area (Å²) in [5.74, 6) is 1.42. The number of imidazole rings is 1. The van der Waals surface area contributed by atoms with Crippen molar-refractivity contribution in [3.05, 3.63) is 120 Å². The third-order valence-corrected chi connectivity index (χ3v) is 7.75. The van der Waals surface area contributed by atoms with Gasteiger partial charge in [0.05, 0.1) is 33.9 Å². The van der Waals surface area contributed by atoms with E-state index < -0.39 is 0 Å². The first-order valence-electron chi connectivity index (χ1n) is 14.3. The van der Waals surface area contributed by atoms with E-state index in [1.165, 1.54) is 0 Å². The average Bonchev–Trinajstić information content (AvgIpc) is 3.41. The van der Waals surface area contributed by atoms with E-state index in [0.29, 0.717) is 17.3 Å². The highest BCUT2D eigenvalue weighted by atomic mass is 16.3. The third kappa shape index (κ3) is 4.82. The highest BCUT2D eigenvalue weighted by Crippen LogP contribution is 2.42. The lowest BCUT2D eigenvalue weighted by Gasteiger charge is -2.18. The maximum absolute atomic E-state index is 11.6. The van der Waals surface area contributed by atoms with Crippen molar-refractivity contribution in [3.8, 4) is 51.3 Å². The van der Waals surface area contributed by atoms with E-state index in [1.54, 1.807) is 18.3 Å². The average molecular weight is 549 g/mol. The van der Waals surface area contributed by atoms with E-state index >= 15 is 0 Å². The molecule has 0 saturated carbocycles. The molecule has 6 aromatic rings. The Hall–Kier alpha value is -5.21. The molecule has 1 N–H and O–H groups in total. The van der Waals surface area contributed by atoms with Gasteiger partial charge in [-0.1, -0.05) is 82.3 Å². The fourth-order valence-corrected chi connectivity index (χ4v) is 5.48. The van der Waals surface area contributed by atoms with E-state index in [2.05, 4.69) is 91.8 Å². The largest absolute Gasteiger partial charge is 0.507 e. The normalized spacial score (nSPS) is 11.4. The highest BCUT2D eigenvalue weighted by Gasteiger charge is 2.23. The molecule has 0 atom stereocenters. The fourth-order valence-electron chi connectivity index (χ4n) is 5.48. The fraction of sp³-hybridized carbons (Fsp3) is 0.162. The molecule has 206 valence electrons. The molecule has 0 aliphatic heterocycles. The number of fused-ring (bicyclic) bond motifs is 1. The molecule has 5 heteroatoms. The van der Waals surface area contributed by atoms with Gasteiger partial charge in [-0.3, -0.25) is 9.55 Å². The Morgan fingerprint density at radius 2 is 1.52 bits per heavy atom. The maximum atomic E-state index is 11.6. The van der Waals surface area contributed by atoms with E-state index in [9.17, 15) is 10.4 Å². The molecule has 0 amide bonds. The number of benzene rings is 4. The molecular weight excluding hydrogens is 516 g/mol. The maximum Gasteiger partial charge on any atom is 0.149 e. The van der Waals surface area contributed by atoms with Gasteiger partial charge in [0.15, 0.2) is 0 Å². The zero-order valence-electron chi connectivity index (χ0n) is 24.2. The molecule has 42 heavy (non-hydrogen) atoms. The van der Waals surface area contributed by atoms with Gasteiger partial charge in [-0.2, -0.15) is 5.26 Å². The van der Waals surface area contributed by atoms with Crippen LogP contribution in [0, 0.1) is 11.3 Å². The summed E-state index contributed by atoms with van der Waals surface area (Å²) in [6.07, 6.45) is 1.66. The van der Waals surface area contributed by atoms with Gasteiger partial charge in [0.25, 0.3) is 0 Å². The van der Waals surface area contributed by atoms with E-state index in [0.717, 1.165) is 55.8 Å². The number of hydrogen-bond donors (Lipinski definition) is 1. The first kappa shape index (κ1) is 27.0. The Labute approximate surface area is 246 Å². The van der Waals surface area contributed by atoms with Crippen molar-refractivity contribution in [2.24, 2.45) is 0 Å². The Morgan fingerprint density at radius 3 is 2.26 bits per heavy atom. The van der Waals surface area contributed by atoms with Crippen molar-refractivity contribution in [1.29, 1.82) is 5.26 Å². The number of pyridine rings is 1. The molecule has 0 spiro atoms. The van der Waals surface area contributed by atoms with Crippen molar-refractivity contribution >= 4 is 11.0 Å². The Balaban J connectivity index is 1.62. The molecule has 0 aliphatic carbocycles. The molecule has 0 fully saturated rings. The third-order valence-electron chi connectivity index (χ3n) is 7.75. The molecule has 6 rings (SSSR count). The van der Waals surface area contributed by atoms with Gasteiger partial charge in [0, 0.05) is 23.0 Å². The highest BCUT2D eigenvalue weighted by molar-refractivity contribution is 5.96. The van der Waals surface area contributed by atoms with Crippen LogP contribution in [0.2, 0.25) is 0 Å². The summed E-state index contributed by atoms with van der Waals surface area (Å²) < 4.78 is 2.14. The number of nitrogens with zero attached hydrogens (tertiary/aromatic N) is 4. The lowest BCUT2D eigenvalue weighted by Crippen LogP contribution is -2.01. The number of phenols is 1. The molecule has 5 nitrogen and oxygen atoms in total. The number of hydrogen-bond acceptors (Lipinski definition) is 4. The van der Waals surface area contributed by atoms with Crippen molar-refractivity contribution in [1.82, 2.24) is 14.5 Å². The predicted molar refractivity (Wildman–Crippen MR) is 170 cm³/mol. The second kappa shape index (κ2) is 11.0. The van der Waals surface area contributed by atoms with E-state index in [-0.39, 0.29) is 11.7 Å². The molecule has 0 aliphatic rings. The summed E-state index contributed by atoms with van der Waals surface area (Å²) in [5, 5.41) is 21.0. The zero-order chi connectivity index (χ0) is 29.4. The second-order valence-corrected chi connectivity index (χ2v) is 11.2. The lowest BCUT2D eigenvalue weighted by molar-refractivity contribution is 0.466. The van der Waals surface area contributed by atoms with Crippen LogP contribution < -0.4 is 0 Å². The second-order valence-electron chi connectivity index (χ2n) is 11.2. The van der Waals surface area contributed by atoms with Crippen molar-refractivity contribution < 1.29 is 5.11 Å². The van der Waals surface area contributed by atoms with Crippen molar-refractivity contribution in [3.63, 3.8) is 0 Å². The molecule has 2 heterocycles. The molecule has 4 aromatic carbocycles. The summed E-state index contributed by atoms with van der Waals surface area (Å²) in [6.45, 7) is 8.56. The number of rotatable bonds is 6. The monoisotopic (exact) mass is 548 g/mol. The molecule has 2 aromatic heterocycles. The van der Waals surface area contributed by atoms with Crippen LogP contribution in [-0.2, 0) is 0 Å². The van der Waals surface area contributed by atoms with E-state index in [1.807, 2.05) is 36.4 Å². The van der Waals surface area contributed by atoms with Crippen LogP contribution >= 0.6 is 0 Å². The van der Waals surface area contributed by atoms with Gasteiger partial charge in [-0.25, -0.2) is 4.98 Å². The number of phenolic OH excluding ortho intramolecular Hbond substituents is 1. The van der Waals surface area contributed by atoms with Crippen molar-refractivity contribution in [2.45, 2.75) is 39.5 Å². The number of nitriles is 1. The van der Waals surface area contributed by atoms with Crippen LogP contribution in [-0.4, -0.2) is 19.6 Å². The Bertz CT molecular complexity index is 1960. The van der Waals surface area contributed by atoms with Gasteiger partial charge in [-0.05, 0) is 71.0 Å². The molecule has 0 saturated heterocycles. The summed E-state index contributed by atoms with van der Waals surface area (Å²) >= 11 is 0. The van der Waals surface area contributed by atoms with Gasteiger partial charge < -0.3 is 5.11 Å². The first-order valence-corrected chi connectivity index (χ1v) is 14.3. The predicted octanol–water partition coefficient (Wildman–Crippen LogP) is 9.25. The number of aromatic hydroxyl groups is 1. The summed E-state index contributed by atoms with van der Waals surface area (Å²) in [4.78, 5) is 9.78. The van der Waals surface area contributed by atoms with Gasteiger partial charge in [0.1, 0.15) is 11.6 Å². The van der Waals surface area contributed by atoms with Crippen LogP contribution in [0.1, 0.15) is 56.2 Å². The molecule has 0 bridgehead atoms. The number of para-hydroxylation sites is 2. The van der Waals surface area contributed by atoms with Gasteiger partial charge >= 0.3 is 0 Å². The van der Waals surface area contributed by atoms with Gasteiger partial charge in [0.2, 0.25) is 0 Å². The Morgan fingerprint density at radius 1 is 0.762 bits per heavy atom. The molecular formula is C37H32N4O. The zero-order valence-corrected chi connectivity index (χ0v) is 24.2. The van der Waals surface area contributed by atoms with E-state index in [4.69, 9.17) is 4.98 Å². The Kier molecular flexibility index (Phi) is 7.06. The first-order chi connectivity index (χ1) is 20.4. The summed E-state index contributed by atoms with van der Waals surface area (Å²) in [7, 11) is 0. The smallest absolute Gasteiger partial charge is 0.149 e. The topological polar surface area (TPSA) is 74.7 Å². The van der Waals surface area contributed by atoms with Crippen molar-refractivity contribution in [2.75, 3.05) is 0 Å². The number of aromatic nitrogens is 3. The van der Waals surface area contributed by atoms with Crippen LogP contribution in [0.3, 0.4) is 0 Å². The SMILES string of the molecule is CC(C)c1cc(-c2nc3c(-c4cccc(-c5cc(C#N)ccn5)c4)cccc3n2-c2ccccc2)c(O)c(C(C)C)c1. The molecule has 0 unspecified atom stereocenters. The van der Waals surface area contributed by atoms with Crippen LogP contribution in [0.25, 0.3) is 50.5 Å². The quantitative estimate of drug-likeness (QED) is 0.225. The standard InChI is InChI=1S/C37H32N4O/c1-23(2)28-20-31(24(3)4)36(42)32(21-28)37-40-35-30(14-9-15-34(35)41(37)29-12-6-5-7-13-29)26-10-8-11-27(19-26)33-18-25(22-38)16-17-39-33/h5-21,23-24,42H,1-4H3. The van der Waals surface area contributed by atoms with Crippen LogP contribution in [0.15, 0.2) is 103 Å². The lowest BCUT2D eigenvalue weighted by atomic mass is 9.91. The summed E-state index contributed by atoms with van der Waals surface area (Å²) in [6, 6.07) is 34.5. The summed E-state index contributed by atoms with van der Waals surface area (Å²) in [5.41, 5.74) is 9.78. The minimum Gasteiger partial charge on any atom is -0.507 e. The molecule has 0 radical (unpaired) electrons. The minimum atomic E-state index is 0.156. The minimum absolute atomic E-state index is 0.156.